The minimum Gasteiger partial charge on any atom is -0.399 e. The summed E-state index contributed by atoms with van der Waals surface area (Å²) in [5.41, 5.74) is 0.981. The van der Waals surface area contributed by atoms with E-state index in [0.29, 0.717) is 0 Å². The van der Waals surface area contributed by atoms with Gasteiger partial charge in [-0.05, 0) is 63.7 Å². The Hall–Kier alpha value is -0.825. The minimum absolute atomic E-state index is 0.359. The molecule has 1 aliphatic carbocycles. The van der Waals surface area contributed by atoms with Gasteiger partial charge in [-0.2, -0.15) is 5.26 Å². The molecule has 0 unspecified atom stereocenters. The van der Waals surface area contributed by atoms with E-state index in [-0.39, 0.29) is 16.6 Å². The van der Waals surface area contributed by atoms with Crippen LogP contribution >= 0.6 is 15.9 Å². The third kappa shape index (κ3) is 2.86. The molecule has 1 aromatic carbocycles. The molecule has 2 fully saturated rings. The van der Waals surface area contributed by atoms with Crippen LogP contribution in [0.15, 0.2) is 22.7 Å². The fourth-order valence-electron chi connectivity index (χ4n) is 3.45. The molecule has 3 rings (SSSR count). The van der Waals surface area contributed by atoms with Crippen molar-refractivity contribution in [2.24, 2.45) is 0 Å². The fraction of sp³-hybridized carbons (Fsp3) is 0.611. The summed E-state index contributed by atoms with van der Waals surface area (Å²) in [7, 11) is -0.395. The molecule has 2 aliphatic rings. The lowest BCUT2D eigenvalue weighted by molar-refractivity contribution is 0.00578. The van der Waals surface area contributed by atoms with E-state index in [9.17, 15) is 5.26 Å². The Morgan fingerprint density at radius 2 is 1.61 bits per heavy atom. The summed E-state index contributed by atoms with van der Waals surface area (Å²) in [5.74, 6) is 0. The Kier molecular flexibility index (Phi) is 4.15. The predicted molar refractivity (Wildman–Crippen MR) is 95.6 cm³/mol. The molecule has 1 saturated carbocycles. The van der Waals surface area contributed by atoms with E-state index in [0.717, 1.165) is 41.2 Å². The van der Waals surface area contributed by atoms with Crippen LogP contribution in [0.2, 0.25) is 0 Å². The van der Waals surface area contributed by atoms with E-state index < -0.39 is 7.12 Å². The Morgan fingerprint density at radius 1 is 1.04 bits per heavy atom. The molecule has 1 aliphatic heterocycles. The zero-order chi connectivity index (χ0) is 16.9. The molecule has 0 atom stereocenters. The van der Waals surface area contributed by atoms with E-state index in [4.69, 9.17) is 9.31 Å². The van der Waals surface area contributed by atoms with E-state index in [1.54, 1.807) is 0 Å². The average Bonchev–Trinajstić information content (AvgIpc) is 3.02. The van der Waals surface area contributed by atoms with Crippen molar-refractivity contribution in [3.8, 4) is 6.07 Å². The summed E-state index contributed by atoms with van der Waals surface area (Å²) >= 11 is 3.60. The van der Waals surface area contributed by atoms with Gasteiger partial charge in [-0.3, -0.25) is 0 Å². The van der Waals surface area contributed by atoms with E-state index in [1.165, 1.54) is 0 Å². The maximum Gasteiger partial charge on any atom is 0.494 e. The van der Waals surface area contributed by atoms with Gasteiger partial charge in [0.05, 0.1) is 22.7 Å². The summed E-state index contributed by atoms with van der Waals surface area (Å²) in [6.45, 7) is 8.22. The van der Waals surface area contributed by atoms with Crippen LogP contribution in [0.5, 0.6) is 0 Å². The molecule has 0 N–H and O–H groups in total. The molecule has 0 bridgehead atoms. The second-order valence-corrected chi connectivity index (χ2v) is 8.68. The molecule has 0 aromatic heterocycles. The molecule has 122 valence electrons. The molecule has 1 aromatic rings. The number of nitriles is 1. The summed E-state index contributed by atoms with van der Waals surface area (Å²) in [5, 5.41) is 9.76. The van der Waals surface area contributed by atoms with Crippen LogP contribution in [-0.4, -0.2) is 18.3 Å². The standard InChI is InChI=1S/C18H23BBrNO2/c1-16(2)17(3,4)23-19(22-16)14-9-13(10-15(20)11-14)18(12-21)7-5-6-8-18/h9-11H,5-8H2,1-4H3. The lowest BCUT2D eigenvalue weighted by atomic mass is 9.73. The average molecular weight is 376 g/mol. The Bertz CT molecular complexity index is 643. The van der Waals surface area contributed by atoms with Crippen molar-refractivity contribution in [2.45, 2.75) is 70.0 Å². The van der Waals surface area contributed by atoms with Crippen molar-refractivity contribution in [2.75, 3.05) is 0 Å². The maximum atomic E-state index is 9.76. The van der Waals surface area contributed by atoms with Gasteiger partial charge >= 0.3 is 7.12 Å². The number of hydrogen-bond acceptors (Lipinski definition) is 3. The number of rotatable bonds is 2. The van der Waals surface area contributed by atoms with Crippen molar-refractivity contribution >= 4 is 28.5 Å². The lowest BCUT2D eigenvalue weighted by Crippen LogP contribution is -2.41. The maximum absolute atomic E-state index is 9.76. The first-order chi connectivity index (χ1) is 10.7. The molecule has 0 spiro atoms. The molecule has 1 saturated heterocycles. The van der Waals surface area contributed by atoms with Gasteiger partial charge in [-0.15, -0.1) is 0 Å². The first-order valence-electron chi connectivity index (χ1n) is 8.27. The number of hydrogen-bond donors (Lipinski definition) is 0. The Balaban J connectivity index is 1.98. The van der Waals surface area contributed by atoms with Gasteiger partial charge in [-0.25, -0.2) is 0 Å². The Labute approximate surface area is 147 Å². The van der Waals surface area contributed by atoms with Crippen LogP contribution in [0.25, 0.3) is 0 Å². The number of halogens is 1. The molecular formula is C18H23BBrNO2. The molecule has 5 heteroatoms. The third-order valence-electron chi connectivity index (χ3n) is 5.67. The quantitative estimate of drug-likeness (QED) is 0.731. The highest BCUT2D eigenvalue weighted by molar-refractivity contribution is 9.10. The highest BCUT2D eigenvalue weighted by Crippen LogP contribution is 2.42. The molecule has 0 amide bonds. The lowest BCUT2D eigenvalue weighted by Gasteiger charge is -2.32. The van der Waals surface area contributed by atoms with Gasteiger partial charge in [0.2, 0.25) is 0 Å². The first-order valence-corrected chi connectivity index (χ1v) is 9.06. The number of benzene rings is 1. The molecule has 1 heterocycles. The van der Waals surface area contributed by atoms with E-state index in [1.807, 2.05) is 6.07 Å². The van der Waals surface area contributed by atoms with Gasteiger partial charge in [0, 0.05) is 4.47 Å². The van der Waals surface area contributed by atoms with Crippen LogP contribution in [-0.2, 0) is 14.7 Å². The largest absolute Gasteiger partial charge is 0.494 e. The third-order valence-corrected chi connectivity index (χ3v) is 6.13. The summed E-state index contributed by atoms with van der Waals surface area (Å²) in [6, 6.07) is 8.77. The zero-order valence-corrected chi connectivity index (χ0v) is 15.9. The van der Waals surface area contributed by atoms with Gasteiger partial charge in [0.15, 0.2) is 0 Å². The summed E-state index contributed by atoms with van der Waals surface area (Å²) in [4.78, 5) is 0. The van der Waals surface area contributed by atoms with E-state index in [2.05, 4.69) is 61.8 Å². The first kappa shape index (κ1) is 17.0. The van der Waals surface area contributed by atoms with Crippen molar-refractivity contribution in [3.05, 3.63) is 28.2 Å². The SMILES string of the molecule is CC1(C)OB(c2cc(Br)cc(C3(C#N)CCCC3)c2)OC1(C)C. The molecule has 0 radical (unpaired) electrons. The second-order valence-electron chi connectivity index (χ2n) is 7.76. The van der Waals surface area contributed by atoms with Gasteiger partial charge < -0.3 is 9.31 Å². The Morgan fingerprint density at radius 3 is 2.13 bits per heavy atom. The topological polar surface area (TPSA) is 42.2 Å². The summed E-state index contributed by atoms with van der Waals surface area (Å²) < 4.78 is 13.3. The highest BCUT2D eigenvalue weighted by atomic mass is 79.9. The smallest absolute Gasteiger partial charge is 0.399 e. The van der Waals surface area contributed by atoms with Crippen LogP contribution in [0.3, 0.4) is 0 Å². The minimum atomic E-state index is -0.395. The van der Waals surface area contributed by atoms with Crippen molar-refractivity contribution in [1.82, 2.24) is 0 Å². The van der Waals surface area contributed by atoms with Crippen molar-refractivity contribution < 1.29 is 9.31 Å². The van der Waals surface area contributed by atoms with E-state index >= 15 is 0 Å². The molecule has 23 heavy (non-hydrogen) atoms. The number of nitrogens with zero attached hydrogens (tertiary/aromatic N) is 1. The van der Waals surface area contributed by atoms with Crippen LogP contribution < -0.4 is 5.46 Å². The predicted octanol–water partition coefficient (Wildman–Crippen LogP) is 4.08. The fourth-order valence-corrected chi connectivity index (χ4v) is 3.96. The summed E-state index contributed by atoms with van der Waals surface area (Å²) in [6.07, 6.45) is 4.10. The monoisotopic (exact) mass is 375 g/mol. The molecular weight excluding hydrogens is 353 g/mol. The van der Waals surface area contributed by atoms with Crippen molar-refractivity contribution in [3.63, 3.8) is 0 Å². The van der Waals surface area contributed by atoms with Crippen LogP contribution in [0, 0.1) is 11.3 Å². The van der Waals surface area contributed by atoms with Gasteiger partial charge in [0.25, 0.3) is 0 Å². The second kappa shape index (κ2) is 5.62. The molecule has 3 nitrogen and oxygen atoms in total. The highest BCUT2D eigenvalue weighted by Gasteiger charge is 2.52. The normalized spacial score (nSPS) is 24.6. The van der Waals surface area contributed by atoms with Crippen molar-refractivity contribution in [1.29, 1.82) is 5.26 Å². The van der Waals surface area contributed by atoms with Gasteiger partial charge in [-0.1, -0.05) is 34.8 Å². The van der Waals surface area contributed by atoms with Crippen LogP contribution in [0.1, 0.15) is 58.9 Å². The van der Waals surface area contributed by atoms with Gasteiger partial charge in [0.1, 0.15) is 0 Å². The van der Waals surface area contributed by atoms with Crippen LogP contribution in [0.4, 0.5) is 0 Å². The zero-order valence-electron chi connectivity index (χ0n) is 14.3.